The predicted molar refractivity (Wildman–Crippen MR) is 351 cm³/mol. The number of nitrogens with zero attached hydrogens (tertiary/aromatic N) is 1. The van der Waals surface area contributed by atoms with Crippen molar-refractivity contribution in [1.82, 2.24) is 0 Å². The quantitative estimate of drug-likeness (QED) is 0.0195. The van der Waals surface area contributed by atoms with Crippen LogP contribution in [0.4, 0.5) is 0 Å². The van der Waals surface area contributed by atoms with Gasteiger partial charge in [0.2, 0.25) is 0 Å². The zero-order chi connectivity index (χ0) is 59.8. The smallest absolute Gasteiger partial charge is 0.306 e. The summed E-state index contributed by atoms with van der Waals surface area (Å²) in [5.41, 5.74) is 0. The standard InChI is InChI=1S/C72H130NO8P/c1-6-8-10-12-14-16-18-20-22-24-26-28-29-30-31-32-33-34-35-36-37-38-39-40-41-42-43-45-47-49-51-53-55-57-59-61-63-65-72(75)81-70(69-80-82(76,77)79-67-66-73(3,4)5)68-78-71(74)64-62-60-58-56-54-52-50-48-46-44-27-25-23-21-19-17-15-13-11-9-7-2/h8,10,14,16,19-22,25-28,30-31,70H,6-7,9,11-13,15,17-18,23-24,29,32-69H2,1-5H3/b10-8-,16-14-,21-19-,22-20-,27-25-,28-26-,31-30-. The van der Waals surface area contributed by atoms with Crippen molar-refractivity contribution in [2.45, 2.75) is 315 Å². The molecule has 0 saturated carbocycles. The normalized spacial score (nSPS) is 13.7. The van der Waals surface area contributed by atoms with Gasteiger partial charge in [0.25, 0.3) is 7.82 Å². The molecule has 0 saturated heterocycles. The van der Waals surface area contributed by atoms with E-state index in [0.717, 1.165) is 83.5 Å². The van der Waals surface area contributed by atoms with E-state index >= 15 is 0 Å². The van der Waals surface area contributed by atoms with Crippen LogP contribution < -0.4 is 4.89 Å². The van der Waals surface area contributed by atoms with Gasteiger partial charge in [-0.05, 0) is 89.9 Å². The van der Waals surface area contributed by atoms with Crippen molar-refractivity contribution in [3.63, 3.8) is 0 Å². The minimum atomic E-state index is -4.64. The van der Waals surface area contributed by atoms with Crippen LogP contribution in [0.5, 0.6) is 0 Å². The number of carbonyl (C=O) groups excluding carboxylic acids is 2. The van der Waals surface area contributed by atoms with Gasteiger partial charge in [0.15, 0.2) is 6.10 Å². The lowest BCUT2D eigenvalue weighted by molar-refractivity contribution is -0.870. The fourth-order valence-electron chi connectivity index (χ4n) is 9.66. The zero-order valence-corrected chi connectivity index (χ0v) is 55.1. The number of likely N-dealkylation sites (N-methyl/N-ethyl adjacent to an activating group) is 1. The van der Waals surface area contributed by atoms with Crippen LogP contribution in [0.15, 0.2) is 85.1 Å². The van der Waals surface area contributed by atoms with E-state index in [0.29, 0.717) is 17.4 Å². The first-order valence-electron chi connectivity index (χ1n) is 34.3. The van der Waals surface area contributed by atoms with Gasteiger partial charge in [0.05, 0.1) is 27.7 Å². The number of esters is 2. The van der Waals surface area contributed by atoms with Crippen LogP contribution in [0.25, 0.3) is 0 Å². The average Bonchev–Trinajstić information content (AvgIpc) is 3.46. The molecule has 0 spiro atoms. The lowest BCUT2D eigenvalue weighted by Crippen LogP contribution is -2.37. The third kappa shape index (κ3) is 66.3. The van der Waals surface area contributed by atoms with Gasteiger partial charge in [0, 0.05) is 12.8 Å². The van der Waals surface area contributed by atoms with Crippen molar-refractivity contribution in [2.24, 2.45) is 0 Å². The second-order valence-corrected chi connectivity index (χ2v) is 25.6. The summed E-state index contributed by atoms with van der Waals surface area (Å²) in [6, 6.07) is 0. The topological polar surface area (TPSA) is 111 Å². The third-order valence-corrected chi connectivity index (χ3v) is 15.9. The van der Waals surface area contributed by atoms with E-state index in [4.69, 9.17) is 18.5 Å². The van der Waals surface area contributed by atoms with Crippen molar-refractivity contribution < 1.29 is 42.1 Å². The van der Waals surface area contributed by atoms with Crippen molar-refractivity contribution in [1.29, 1.82) is 0 Å². The first kappa shape index (κ1) is 79.2. The lowest BCUT2D eigenvalue weighted by atomic mass is 10.0. The van der Waals surface area contributed by atoms with E-state index in [1.807, 2.05) is 21.1 Å². The molecule has 0 bridgehead atoms. The predicted octanol–water partition coefficient (Wildman–Crippen LogP) is 21.5. The van der Waals surface area contributed by atoms with Crippen LogP contribution in [0.1, 0.15) is 309 Å². The van der Waals surface area contributed by atoms with Gasteiger partial charge in [-0.3, -0.25) is 14.2 Å². The molecule has 0 aliphatic rings. The summed E-state index contributed by atoms with van der Waals surface area (Å²) < 4.78 is 34.3. The molecule has 0 aliphatic carbocycles. The summed E-state index contributed by atoms with van der Waals surface area (Å²) in [6.07, 6.45) is 85.2. The molecule has 0 radical (unpaired) electrons. The summed E-state index contributed by atoms with van der Waals surface area (Å²) in [7, 11) is 1.17. The highest BCUT2D eigenvalue weighted by Gasteiger charge is 2.22. The number of carbonyl (C=O) groups is 2. The van der Waals surface area contributed by atoms with E-state index in [9.17, 15) is 19.0 Å². The molecule has 9 nitrogen and oxygen atoms in total. The van der Waals surface area contributed by atoms with Crippen molar-refractivity contribution in [2.75, 3.05) is 47.5 Å². The highest BCUT2D eigenvalue weighted by atomic mass is 31.2. The summed E-state index contributed by atoms with van der Waals surface area (Å²) in [6.45, 7) is 4.15. The molecule has 2 atom stereocenters. The van der Waals surface area contributed by atoms with Crippen LogP contribution >= 0.6 is 7.82 Å². The molecule has 0 aromatic heterocycles. The number of rotatable bonds is 63. The third-order valence-electron chi connectivity index (χ3n) is 14.9. The van der Waals surface area contributed by atoms with Crippen LogP contribution in [0.2, 0.25) is 0 Å². The summed E-state index contributed by atoms with van der Waals surface area (Å²) in [5.74, 6) is -0.827. The molecular weight excluding hydrogens is 1040 g/mol. The van der Waals surface area contributed by atoms with Gasteiger partial charge in [-0.25, -0.2) is 0 Å². The molecule has 10 heteroatoms. The molecule has 2 unspecified atom stereocenters. The Morgan fingerprint density at radius 2 is 0.695 bits per heavy atom. The van der Waals surface area contributed by atoms with Crippen molar-refractivity contribution in [3.05, 3.63) is 85.1 Å². The molecule has 0 heterocycles. The highest BCUT2D eigenvalue weighted by Crippen LogP contribution is 2.38. The SMILES string of the molecule is CC/C=C\C/C=C\C/C=C\C/C=C\C/C=C\CCCCCCCCCCCCCCCCCCCCCCCC(=O)OC(COC(=O)CCCCCCCCCCC/C=C\C/C=C\CCCCCCC)COP(=O)([O-])OCC[N+](C)(C)C. The Morgan fingerprint density at radius 1 is 0.390 bits per heavy atom. The molecule has 0 rings (SSSR count). The van der Waals surface area contributed by atoms with Crippen LogP contribution in [-0.2, 0) is 32.7 Å². The van der Waals surface area contributed by atoms with E-state index in [1.54, 1.807) is 0 Å². The van der Waals surface area contributed by atoms with E-state index < -0.39 is 26.5 Å². The van der Waals surface area contributed by atoms with E-state index in [-0.39, 0.29) is 32.0 Å². The molecule has 82 heavy (non-hydrogen) atoms. The molecule has 0 aromatic rings. The molecule has 0 fully saturated rings. The number of allylic oxidation sites excluding steroid dienone is 14. The van der Waals surface area contributed by atoms with E-state index in [2.05, 4.69) is 98.9 Å². The van der Waals surface area contributed by atoms with Gasteiger partial charge >= 0.3 is 11.9 Å². The van der Waals surface area contributed by atoms with Crippen LogP contribution in [0.3, 0.4) is 0 Å². The largest absolute Gasteiger partial charge is 0.756 e. The van der Waals surface area contributed by atoms with Gasteiger partial charge in [0.1, 0.15) is 19.8 Å². The number of ether oxygens (including phenoxy) is 2. The summed E-state index contributed by atoms with van der Waals surface area (Å²) in [5, 5.41) is 0. The fourth-order valence-corrected chi connectivity index (χ4v) is 10.4. The van der Waals surface area contributed by atoms with Gasteiger partial charge < -0.3 is 27.9 Å². The highest BCUT2D eigenvalue weighted by molar-refractivity contribution is 7.45. The average molecular weight is 1170 g/mol. The Balaban J connectivity index is 3.99. The van der Waals surface area contributed by atoms with E-state index in [1.165, 1.54) is 193 Å². The molecule has 0 aromatic carbocycles. The number of phosphoric ester groups is 1. The Hall–Kier alpha value is -2.81. The maximum atomic E-state index is 12.9. The minimum Gasteiger partial charge on any atom is -0.756 e. The molecular formula is C72H130NO8P. The number of unbranched alkanes of at least 4 members (excludes halogenated alkanes) is 35. The monoisotopic (exact) mass is 1170 g/mol. The molecule has 0 amide bonds. The number of quaternary nitrogens is 1. The van der Waals surface area contributed by atoms with Crippen LogP contribution in [0, 0.1) is 0 Å². The zero-order valence-electron chi connectivity index (χ0n) is 54.2. The van der Waals surface area contributed by atoms with Crippen molar-refractivity contribution in [3.8, 4) is 0 Å². The maximum Gasteiger partial charge on any atom is 0.306 e. The minimum absolute atomic E-state index is 0.0321. The lowest BCUT2D eigenvalue weighted by Gasteiger charge is -2.28. The summed E-state index contributed by atoms with van der Waals surface area (Å²) >= 11 is 0. The number of hydrogen-bond acceptors (Lipinski definition) is 8. The maximum absolute atomic E-state index is 12.9. The molecule has 0 N–H and O–H groups in total. The molecule has 0 aliphatic heterocycles. The Kier molecular flexibility index (Phi) is 60.6. The Labute approximate surface area is 507 Å². The Morgan fingerprint density at radius 3 is 1.04 bits per heavy atom. The second kappa shape index (κ2) is 62.7. The van der Waals surface area contributed by atoms with Gasteiger partial charge in [-0.15, -0.1) is 0 Å². The summed E-state index contributed by atoms with van der Waals surface area (Å²) in [4.78, 5) is 38.0. The first-order chi connectivity index (χ1) is 40.0. The second-order valence-electron chi connectivity index (χ2n) is 24.2. The number of hydrogen-bond donors (Lipinski definition) is 0. The van der Waals surface area contributed by atoms with Gasteiger partial charge in [-0.1, -0.05) is 292 Å². The number of phosphoric acid groups is 1. The first-order valence-corrected chi connectivity index (χ1v) is 35.8. The van der Waals surface area contributed by atoms with Crippen molar-refractivity contribution >= 4 is 19.8 Å². The van der Waals surface area contributed by atoms with Gasteiger partial charge in [-0.2, -0.15) is 0 Å². The van der Waals surface area contributed by atoms with Crippen LogP contribution in [-0.4, -0.2) is 70.0 Å². The molecule has 476 valence electrons. The fraction of sp³-hybridized carbons (Fsp3) is 0.778. The Bertz CT molecular complexity index is 1660.